The van der Waals surface area contributed by atoms with Gasteiger partial charge in [-0.1, -0.05) is 17.3 Å². The minimum absolute atomic E-state index is 0.0342. The summed E-state index contributed by atoms with van der Waals surface area (Å²) in [5.74, 6) is -0.481. The fraction of sp³-hybridized carbons (Fsp3) is 0.421. The maximum absolute atomic E-state index is 12.7. The summed E-state index contributed by atoms with van der Waals surface area (Å²) in [6, 6.07) is 6.17. The second-order valence-electron chi connectivity index (χ2n) is 6.93. The standard InChI is InChI=1S/C19H21N3O5S2/c23-18(21-19-20-9-11-28-19)17(22-27-12-14-2-1-10-26-14)13-3-5-15(6-4-13)29(24,25)16-7-8-16/h3-6,9,11,14,16H,1-2,7-8,10,12H2,(H,20,21,23). The van der Waals surface area contributed by atoms with Crippen LogP contribution in [0.4, 0.5) is 5.13 Å². The SMILES string of the molecule is O=C(Nc1nccs1)C(=NOCC1CCCO1)c1ccc(S(=O)(=O)C2CC2)cc1. The zero-order valence-electron chi connectivity index (χ0n) is 15.6. The van der Waals surface area contributed by atoms with E-state index in [1.165, 1.54) is 23.5 Å². The van der Waals surface area contributed by atoms with E-state index in [2.05, 4.69) is 15.5 Å². The van der Waals surface area contributed by atoms with Crippen molar-refractivity contribution in [1.29, 1.82) is 0 Å². The van der Waals surface area contributed by atoms with E-state index >= 15 is 0 Å². The Morgan fingerprint density at radius 1 is 1.28 bits per heavy atom. The molecular formula is C19H21N3O5S2. The van der Waals surface area contributed by atoms with Crippen LogP contribution in [0.2, 0.25) is 0 Å². The molecule has 10 heteroatoms. The van der Waals surface area contributed by atoms with Crippen molar-refractivity contribution in [3.8, 4) is 0 Å². The number of oxime groups is 1. The van der Waals surface area contributed by atoms with Crippen LogP contribution >= 0.6 is 11.3 Å². The van der Waals surface area contributed by atoms with E-state index in [1.54, 1.807) is 23.7 Å². The molecule has 2 aromatic rings. The van der Waals surface area contributed by atoms with E-state index in [0.29, 0.717) is 30.1 Å². The number of ether oxygens (including phenoxy) is 1. The number of carbonyl (C=O) groups is 1. The summed E-state index contributed by atoms with van der Waals surface area (Å²) in [7, 11) is -3.29. The lowest BCUT2D eigenvalue weighted by molar-refractivity contribution is -0.110. The van der Waals surface area contributed by atoms with Gasteiger partial charge in [0.15, 0.2) is 20.7 Å². The molecular weight excluding hydrogens is 414 g/mol. The molecule has 0 spiro atoms. The Labute approximate surface area is 172 Å². The minimum Gasteiger partial charge on any atom is -0.392 e. The molecule has 1 aromatic carbocycles. The highest BCUT2D eigenvalue weighted by molar-refractivity contribution is 7.92. The summed E-state index contributed by atoms with van der Waals surface area (Å²) >= 11 is 1.29. The van der Waals surface area contributed by atoms with Crippen molar-refractivity contribution in [2.24, 2.45) is 5.16 Å². The van der Waals surface area contributed by atoms with Gasteiger partial charge in [0.1, 0.15) is 6.61 Å². The highest BCUT2D eigenvalue weighted by Gasteiger charge is 2.36. The van der Waals surface area contributed by atoms with E-state index in [0.717, 1.165) is 12.8 Å². The lowest BCUT2D eigenvalue weighted by atomic mass is 10.1. The van der Waals surface area contributed by atoms with Gasteiger partial charge in [0.2, 0.25) is 0 Å². The van der Waals surface area contributed by atoms with Crippen molar-refractivity contribution < 1.29 is 22.8 Å². The first-order chi connectivity index (χ1) is 14.0. The molecule has 1 saturated carbocycles. The quantitative estimate of drug-likeness (QED) is 0.505. The third kappa shape index (κ3) is 4.82. The number of anilines is 1. The fourth-order valence-corrected chi connectivity index (χ4v) is 5.18. The van der Waals surface area contributed by atoms with Crippen LogP contribution in [-0.2, 0) is 24.2 Å². The number of nitrogens with one attached hydrogen (secondary N) is 1. The first kappa shape index (κ1) is 20.0. The summed E-state index contributed by atoms with van der Waals surface area (Å²) in [5, 5.41) is 8.61. The molecule has 2 heterocycles. The smallest absolute Gasteiger partial charge is 0.280 e. The summed E-state index contributed by atoms with van der Waals surface area (Å²) in [5.41, 5.74) is 0.509. The number of aromatic nitrogens is 1. The van der Waals surface area contributed by atoms with Gasteiger partial charge in [-0.05, 0) is 37.8 Å². The second kappa shape index (κ2) is 8.60. The molecule has 1 N–H and O–H groups in total. The van der Waals surface area contributed by atoms with Gasteiger partial charge >= 0.3 is 0 Å². The maximum atomic E-state index is 12.7. The molecule has 8 nitrogen and oxygen atoms in total. The molecule has 4 rings (SSSR count). The second-order valence-corrected chi connectivity index (χ2v) is 10.1. The Hall–Kier alpha value is -2.30. The monoisotopic (exact) mass is 435 g/mol. The van der Waals surface area contributed by atoms with Gasteiger partial charge < -0.3 is 9.57 Å². The molecule has 154 valence electrons. The number of carbonyl (C=O) groups excluding carboxylic acids is 1. The number of rotatable bonds is 8. The normalized spacial score (nSPS) is 19.9. The fourth-order valence-electron chi connectivity index (χ4n) is 3.00. The number of nitrogens with zero attached hydrogens (tertiary/aromatic N) is 2. The van der Waals surface area contributed by atoms with Gasteiger partial charge in [-0.2, -0.15) is 0 Å². The summed E-state index contributed by atoms with van der Waals surface area (Å²) in [6.07, 6.45) is 4.82. The van der Waals surface area contributed by atoms with Gasteiger partial charge in [-0.15, -0.1) is 11.3 Å². The molecule has 1 aliphatic carbocycles. The molecule has 0 radical (unpaired) electrons. The molecule has 1 aromatic heterocycles. The molecule has 2 aliphatic rings. The molecule has 2 fully saturated rings. The van der Waals surface area contributed by atoms with E-state index in [-0.39, 0.29) is 28.6 Å². The first-order valence-corrected chi connectivity index (χ1v) is 11.8. The Balaban J connectivity index is 1.53. The Bertz CT molecular complexity index is 977. The zero-order chi connectivity index (χ0) is 20.3. The van der Waals surface area contributed by atoms with Crippen LogP contribution in [-0.4, -0.2) is 49.6 Å². The van der Waals surface area contributed by atoms with Gasteiger partial charge in [0.25, 0.3) is 5.91 Å². The van der Waals surface area contributed by atoms with Crippen molar-refractivity contribution in [1.82, 2.24) is 4.98 Å². The average molecular weight is 436 g/mol. The topological polar surface area (TPSA) is 107 Å². The van der Waals surface area contributed by atoms with E-state index in [9.17, 15) is 13.2 Å². The van der Waals surface area contributed by atoms with Crippen LogP contribution in [0.3, 0.4) is 0 Å². The molecule has 1 unspecified atom stereocenters. The van der Waals surface area contributed by atoms with E-state index in [1.807, 2.05) is 0 Å². The van der Waals surface area contributed by atoms with Crippen LogP contribution in [0.5, 0.6) is 0 Å². The summed E-state index contributed by atoms with van der Waals surface area (Å²) in [4.78, 5) is 22.4. The van der Waals surface area contributed by atoms with Crippen molar-refractivity contribution in [3.63, 3.8) is 0 Å². The van der Waals surface area contributed by atoms with Crippen LogP contribution < -0.4 is 5.32 Å². The molecule has 0 bridgehead atoms. The predicted octanol–water partition coefficient (Wildman–Crippen LogP) is 2.62. The minimum atomic E-state index is -3.29. The molecule has 1 atom stereocenters. The number of amides is 1. The molecule has 29 heavy (non-hydrogen) atoms. The highest BCUT2D eigenvalue weighted by Crippen LogP contribution is 2.33. The number of benzene rings is 1. The molecule has 1 aliphatic heterocycles. The first-order valence-electron chi connectivity index (χ1n) is 9.41. The lowest BCUT2D eigenvalue weighted by Crippen LogP contribution is -2.25. The number of hydrogen-bond acceptors (Lipinski definition) is 8. The van der Waals surface area contributed by atoms with Gasteiger partial charge in [0, 0.05) is 23.7 Å². The van der Waals surface area contributed by atoms with E-state index < -0.39 is 15.7 Å². The van der Waals surface area contributed by atoms with E-state index in [4.69, 9.17) is 9.57 Å². The van der Waals surface area contributed by atoms with Crippen LogP contribution in [0.25, 0.3) is 0 Å². The maximum Gasteiger partial charge on any atom is 0.280 e. The Morgan fingerprint density at radius 2 is 2.07 bits per heavy atom. The van der Waals surface area contributed by atoms with Crippen LogP contribution in [0.1, 0.15) is 31.2 Å². The zero-order valence-corrected chi connectivity index (χ0v) is 17.2. The molecule has 1 saturated heterocycles. The predicted molar refractivity (Wildman–Crippen MR) is 109 cm³/mol. The van der Waals surface area contributed by atoms with Gasteiger partial charge in [-0.25, -0.2) is 13.4 Å². The lowest BCUT2D eigenvalue weighted by Gasteiger charge is -2.10. The van der Waals surface area contributed by atoms with Crippen molar-refractivity contribution in [2.45, 2.75) is 41.9 Å². The van der Waals surface area contributed by atoms with Gasteiger partial charge in [-0.3, -0.25) is 10.1 Å². The largest absolute Gasteiger partial charge is 0.392 e. The third-order valence-corrected chi connectivity index (χ3v) is 7.69. The molecule has 1 amide bonds. The van der Waals surface area contributed by atoms with Crippen molar-refractivity contribution in [3.05, 3.63) is 41.4 Å². The summed E-state index contributed by atoms with van der Waals surface area (Å²) < 4.78 is 30.3. The Morgan fingerprint density at radius 3 is 2.69 bits per heavy atom. The number of sulfone groups is 1. The summed E-state index contributed by atoms with van der Waals surface area (Å²) in [6.45, 7) is 0.953. The van der Waals surface area contributed by atoms with Crippen molar-refractivity contribution in [2.75, 3.05) is 18.5 Å². The average Bonchev–Trinajstić information content (AvgIpc) is 3.23. The van der Waals surface area contributed by atoms with Crippen LogP contribution in [0.15, 0.2) is 45.9 Å². The van der Waals surface area contributed by atoms with Crippen LogP contribution in [0, 0.1) is 0 Å². The number of thiazole rings is 1. The van der Waals surface area contributed by atoms with Crippen molar-refractivity contribution >= 4 is 37.9 Å². The third-order valence-electron chi connectivity index (χ3n) is 4.73. The Kier molecular flexibility index (Phi) is 5.93. The number of hydrogen-bond donors (Lipinski definition) is 1. The highest BCUT2D eigenvalue weighted by atomic mass is 32.2. The van der Waals surface area contributed by atoms with Gasteiger partial charge in [0.05, 0.1) is 16.2 Å².